The molecule has 2 aromatic rings. The van der Waals surface area contributed by atoms with Crippen LogP contribution in [0.3, 0.4) is 0 Å². The van der Waals surface area contributed by atoms with E-state index in [1.54, 1.807) is 22.7 Å². The molecule has 2 aromatic heterocycles. The van der Waals surface area contributed by atoms with Gasteiger partial charge in [-0.3, -0.25) is 9.69 Å². The highest BCUT2D eigenvalue weighted by molar-refractivity contribution is 7.15. The minimum Gasteiger partial charge on any atom is -0.302 e. The van der Waals surface area contributed by atoms with Crippen molar-refractivity contribution in [1.82, 2.24) is 14.9 Å². The smallest absolute Gasteiger partial charge is 0.229 e. The van der Waals surface area contributed by atoms with Crippen molar-refractivity contribution in [2.45, 2.75) is 64.8 Å². The van der Waals surface area contributed by atoms with E-state index >= 15 is 0 Å². The zero-order chi connectivity index (χ0) is 18.6. The molecule has 0 saturated carbocycles. The van der Waals surface area contributed by atoms with Crippen molar-refractivity contribution in [3.8, 4) is 0 Å². The van der Waals surface area contributed by atoms with Crippen LogP contribution in [0.2, 0.25) is 0 Å². The lowest BCUT2D eigenvalue weighted by Gasteiger charge is -2.30. The summed E-state index contributed by atoms with van der Waals surface area (Å²) in [6, 6.07) is 0. The number of hydrogen-bond donors (Lipinski definition) is 1. The summed E-state index contributed by atoms with van der Waals surface area (Å²) in [6.07, 6.45) is 9.12. The van der Waals surface area contributed by atoms with Gasteiger partial charge < -0.3 is 5.32 Å². The molecule has 0 bridgehead atoms. The Labute approximate surface area is 169 Å². The van der Waals surface area contributed by atoms with E-state index < -0.39 is 0 Å². The Kier molecular flexibility index (Phi) is 6.20. The number of fused-ring (bicyclic) bond motifs is 1. The fourth-order valence-corrected chi connectivity index (χ4v) is 5.69. The lowest BCUT2D eigenvalue weighted by molar-refractivity contribution is -0.121. The van der Waals surface area contributed by atoms with Gasteiger partial charge in [0.1, 0.15) is 0 Å². The Bertz CT molecular complexity index is 751. The number of nitrogens with zero attached hydrogens (tertiary/aromatic N) is 3. The summed E-state index contributed by atoms with van der Waals surface area (Å²) in [7, 11) is 0. The summed E-state index contributed by atoms with van der Waals surface area (Å²) in [5.74, 6) is 0.255. The van der Waals surface area contributed by atoms with Crippen molar-refractivity contribution < 1.29 is 4.79 Å². The van der Waals surface area contributed by atoms with Crippen molar-refractivity contribution in [3.63, 3.8) is 0 Å². The molecule has 1 saturated heterocycles. The van der Waals surface area contributed by atoms with E-state index in [9.17, 15) is 4.79 Å². The number of likely N-dealkylation sites (tertiary alicyclic amines) is 1. The van der Waals surface area contributed by atoms with Crippen molar-refractivity contribution in [2.24, 2.45) is 5.92 Å². The Morgan fingerprint density at radius 3 is 2.70 bits per heavy atom. The molecular weight excluding hydrogens is 376 g/mol. The third-order valence-electron chi connectivity index (χ3n) is 5.59. The molecule has 2 aliphatic rings. The molecule has 5 nitrogen and oxygen atoms in total. The third-order valence-corrected chi connectivity index (χ3v) is 7.48. The second-order valence-electron chi connectivity index (χ2n) is 7.70. The van der Waals surface area contributed by atoms with Gasteiger partial charge >= 0.3 is 0 Å². The topological polar surface area (TPSA) is 58.1 Å². The third kappa shape index (κ3) is 4.95. The van der Waals surface area contributed by atoms with Gasteiger partial charge in [-0.25, -0.2) is 9.97 Å². The van der Waals surface area contributed by atoms with E-state index in [4.69, 9.17) is 4.98 Å². The molecule has 3 heterocycles. The molecule has 146 valence electrons. The SMILES string of the molecule is Cc1nc(CN2CCC(C(=O)Nc3nc4c(s3)CCCCCC4)CC2)cs1. The summed E-state index contributed by atoms with van der Waals surface area (Å²) in [6.45, 7) is 4.87. The molecule has 4 rings (SSSR count). The number of nitrogens with one attached hydrogen (secondary N) is 1. The zero-order valence-corrected chi connectivity index (χ0v) is 17.6. The van der Waals surface area contributed by atoms with Crippen LogP contribution in [0.25, 0.3) is 0 Å². The maximum absolute atomic E-state index is 12.7. The van der Waals surface area contributed by atoms with Gasteiger partial charge in [-0.05, 0) is 58.5 Å². The summed E-state index contributed by atoms with van der Waals surface area (Å²) in [5, 5.41) is 7.19. The summed E-state index contributed by atoms with van der Waals surface area (Å²) >= 11 is 3.40. The molecule has 7 heteroatoms. The molecule has 1 fully saturated rings. The molecule has 0 aromatic carbocycles. The zero-order valence-electron chi connectivity index (χ0n) is 16.0. The molecule has 1 aliphatic carbocycles. The quantitative estimate of drug-likeness (QED) is 0.820. The standard InChI is InChI=1S/C20H28N4OS2/c1-14-21-16(13-26-14)12-24-10-8-15(9-11-24)19(25)23-20-22-17-6-4-2-3-5-7-18(17)27-20/h13,15H,2-12H2,1H3,(H,22,23,25). The Morgan fingerprint density at radius 1 is 1.19 bits per heavy atom. The second-order valence-corrected chi connectivity index (χ2v) is 9.85. The van der Waals surface area contributed by atoms with Gasteiger partial charge in [0.05, 0.1) is 16.4 Å². The summed E-state index contributed by atoms with van der Waals surface area (Å²) in [4.78, 5) is 25.8. The van der Waals surface area contributed by atoms with E-state index in [2.05, 4.69) is 20.6 Å². The van der Waals surface area contributed by atoms with Gasteiger partial charge in [0.25, 0.3) is 0 Å². The monoisotopic (exact) mass is 404 g/mol. The van der Waals surface area contributed by atoms with E-state index in [1.165, 1.54) is 36.3 Å². The van der Waals surface area contributed by atoms with Gasteiger partial charge in [-0.15, -0.1) is 22.7 Å². The first-order chi connectivity index (χ1) is 13.2. The number of anilines is 1. The van der Waals surface area contributed by atoms with Gasteiger partial charge in [0.2, 0.25) is 5.91 Å². The average molecular weight is 405 g/mol. The van der Waals surface area contributed by atoms with Crippen LogP contribution in [0, 0.1) is 12.8 Å². The number of aryl methyl sites for hydroxylation is 3. The highest BCUT2D eigenvalue weighted by atomic mass is 32.1. The maximum atomic E-state index is 12.7. The number of carbonyl (C=O) groups is 1. The largest absolute Gasteiger partial charge is 0.302 e. The van der Waals surface area contributed by atoms with Crippen LogP contribution >= 0.6 is 22.7 Å². The lowest BCUT2D eigenvalue weighted by atomic mass is 9.96. The first-order valence-electron chi connectivity index (χ1n) is 10.1. The molecule has 1 N–H and O–H groups in total. The van der Waals surface area contributed by atoms with E-state index in [0.29, 0.717) is 0 Å². The van der Waals surface area contributed by atoms with Crippen LogP contribution in [0.5, 0.6) is 0 Å². The van der Waals surface area contributed by atoms with E-state index in [1.807, 2.05) is 6.92 Å². The lowest BCUT2D eigenvalue weighted by Crippen LogP contribution is -2.37. The molecule has 0 radical (unpaired) electrons. The Morgan fingerprint density at radius 2 is 1.96 bits per heavy atom. The molecule has 1 aliphatic heterocycles. The first-order valence-corrected chi connectivity index (χ1v) is 11.8. The molecular formula is C20H28N4OS2. The predicted octanol–water partition coefficient (Wildman–Crippen LogP) is 4.42. The Hall–Kier alpha value is -1.31. The van der Waals surface area contributed by atoms with Crippen LogP contribution in [-0.4, -0.2) is 33.9 Å². The number of carbonyl (C=O) groups excluding carboxylic acids is 1. The molecule has 0 unspecified atom stereocenters. The summed E-state index contributed by atoms with van der Waals surface area (Å²) < 4.78 is 0. The highest BCUT2D eigenvalue weighted by Gasteiger charge is 2.26. The maximum Gasteiger partial charge on any atom is 0.229 e. The van der Waals surface area contributed by atoms with Crippen molar-refractivity contribution >= 4 is 33.7 Å². The van der Waals surface area contributed by atoms with Crippen LogP contribution in [-0.2, 0) is 24.2 Å². The Balaban J connectivity index is 1.29. The second kappa shape index (κ2) is 8.80. The fraction of sp³-hybridized carbons (Fsp3) is 0.650. The highest BCUT2D eigenvalue weighted by Crippen LogP contribution is 2.29. The van der Waals surface area contributed by atoms with Crippen LogP contribution in [0.4, 0.5) is 5.13 Å². The van der Waals surface area contributed by atoms with Crippen molar-refractivity contribution in [2.75, 3.05) is 18.4 Å². The minimum absolute atomic E-state index is 0.102. The van der Waals surface area contributed by atoms with E-state index in [0.717, 1.165) is 61.2 Å². The fourth-order valence-electron chi connectivity index (χ4n) is 4.03. The van der Waals surface area contributed by atoms with Crippen LogP contribution in [0.15, 0.2) is 5.38 Å². The predicted molar refractivity (Wildman–Crippen MR) is 111 cm³/mol. The molecule has 1 amide bonds. The number of aromatic nitrogens is 2. The number of hydrogen-bond acceptors (Lipinski definition) is 6. The number of thiazole rings is 2. The summed E-state index contributed by atoms with van der Waals surface area (Å²) in [5.41, 5.74) is 2.38. The molecule has 0 atom stereocenters. The number of rotatable bonds is 4. The minimum atomic E-state index is 0.102. The molecule has 0 spiro atoms. The normalized spacial score (nSPS) is 19.3. The average Bonchev–Trinajstić information content (AvgIpc) is 3.21. The first kappa shape index (κ1) is 19.0. The van der Waals surface area contributed by atoms with Crippen molar-refractivity contribution in [3.05, 3.63) is 26.7 Å². The van der Waals surface area contributed by atoms with Gasteiger partial charge in [-0.1, -0.05) is 12.8 Å². The van der Waals surface area contributed by atoms with Crippen molar-refractivity contribution in [1.29, 1.82) is 0 Å². The van der Waals surface area contributed by atoms with Crippen LogP contribution < -0.4 is 5.32 Å². The van der Waals surface area contributed by atoms with Gasteiger partial charge in [0.15, 0.2) is 5.13 Å². The number of amides is 1. The van der Waals surface area contributed by atoms with Gasteiger partial charge in [-0.2, -0.15) is 0 Å². The number of piperidine rings is 1. The van der Waals surface area contributed by atoms with E-state index in [-0.39, 0.29) is 11.8 Å². The molecule has 27 heavy (non-hydrogen) atoms. The van der Waals surface area contributed by atoms with Gasteiger partial charge in [0, 0.05) is 22.7 Å². The van der Waals surface area contributed by atoms with Crippen LogP contribution in [0.1, 0.15) is 59.8 Å².